The van der Waals surface area contributed by atoms with Crippen LogP contribution in [0, 0.1) is 0 Å². The van der Waals surface area contributed by atoms with Crippen LogP contribution in [0.2, 0.25) is 0 Å². The van der Waals surface area contributed by atoms with Crippen molar-refractivity contribution in [3.05, 3.63) is 17.7 Å². The second-order valence-corrected chi connectivity index (χ2v) is 5.68. The standard InChI is InChI=1S/C16H24N2O3/c1-3-12-10-13(17)11-14(19-2)15(12)18-6-4-16(5-7-18)20-8-9-21-16/h10-11H,3-9,17H2,1-2H3. The lowest BCUT2D eigenvalue weighted by atomic mass is 10.00. The Hall–Kier alpha value is -1.46. The molecule has 0 atom stereocenters. The van der Waals surface area contributed by atoms with E-state index in [4.69, 9.17) is 19.9 Å². The topological polar surface area (TPSA) is 57.0 Å². The maximum absolute atomic E-state index is 5.96. The van der Waals surface area contributed by atoms with Crippen LogP contribution in [0.15, 0.2) is 12.1 Å². The van der Waals surface area contributed by atoms with Crippen molar-refractivity contribution in [1.82, 2.24) is 0 Å². The number of ether oxygens (including phenoxy) is 3. The molecule has 21 heavy (non-hydrogen) atoms. The summed E-state index contributed by atoms with van der Waals surface area (Å²) in [5, 5.41) is 0. The van der Waals surface area contributed by atoms with Crippen molar-refractivity contribution in [1.29, 1.82) is 0 Å². The Bertz CT molecular complexity index is 477. The minimum absolute atomic E-state index is 0.343. The number of hydrogen-bond donors (Lipinski definition) is 1. The van der Waals surface area contributed by atoms with Gasteiger partial charge in [0.1, 0.15) is 5.75 Å². The Balaban J connectivity index is 1.84. The molecule has 2 fully saturated rings. The number of nitrogens with zero attached hydrogens (tertiary/aromatic N) is 1. The Morgan fingerprint density at radius 2 is 1.90 bits per heavy atom. The van der Waals surface area contributed by atoms with Crippen LogP contribution in [0.4, 0.5) is 11.4 Å². The van der Waals surface area contributed by atoms with Crippen molar-refractivity contribution in [3.8, 4) is 5.75 Å². The molecule has 2 saturated heterocycles. The fourth-order valence-electron chi connectivity index (χ4n) is 3.33. The van der Waals surface area contributed by atoms with Crippen LogP contribution in [0.1, 0.15) is 25.3 Å². The van der Waals surface area contributed by atoms with Gasteiger partial charge in [-0.1, -0.05) is 6.92 Å². The summed E-state index contributed by atoms with van der Waals surface area (Å²) in [5.74, 6) is 0.514. The van der Waals surface area contributed by atoms with E-state index in [0.29, 0.717) is 13.2 Å². The summed E-state index contributed by atoms with van der Waals surface area (Å²) in [4.78, 5) is 2.37. The second-order valence-electron chi connectivity index (χ2n) is 5.68. The number of anilines is 2. The highest BCUT2D eigenvalue weighted by Crippen LogP contribution is 2.39. The van der Waals surface area contributed by atoms with E-state index < -0.39 is 0 Å². The molecule has 0 saturated carbocycles. The molecule has 2 aliphatic rings. The van der Waals surface area contributed by atoms with Crippen molar-refractivity contribution in [3.63, 3.8) is 0 Å². The van der Waals surface area contributed by atoms with Crippen LogP contribution in [0.5, 0.6) is 5.75 Å². The molecule has 0 amide bonds. The first-order valence-corrected chi connectivity index (χ1v) is 7.67. The average Bonchev–Trinajstić information content (AvgIpc) is 2.95. The summed E-state index contributed by atoms with van der Waals surface area (Å²) in [7, 11) is 1.70. The van der Waals surface area contributed by atoms with Gasteiger partial charge in [-0.25, -0.2) is 0 Å². The molecule has 2 heterocycles. The summed E-state index contributed by atoms with van der Waals surface area (Å²) in [6.07, 6.45) is 2.72. The summed E-state index contributed by atoms with van der Waals surface area (Å²) in [6.45, 7) is 5.39. The van der Waals surface area contributed by atoms with Gasteiger partial charge < -0.3 is 24.8 Å². The van der Waals surface area contributed by atoms with E-state index in [-0.39, 0.29) is 5.79 Å². The van der Waals surface area contributed by atoms with Gasteiger partial charge in [0.05, 0.1) is 26.0 Å². The van der Waals surface area contributed by atoms with Crippen LogP contribution >= 0.6 is 0 Å². The maximum Gasteiger partial charge on any atom is 0.171 e. The molecule has 3 rings (SSSR count). The van der Waals surface area contributed by atoms with Crippen molar-refractivity contribution in [2.24, 2.45) is 0 Å². The first kappa shape index (κ1) is 14.5. The smallest absolute Gasteiger partial charge is 0.171 e. The number of nitrogens with two attached hydrogens (primary N) is 1. The Labute approximate surface area is 126 Å². The molecular formula is C16H24N2O3. The van der Waals surface area contributed by atoms with Crippen LogP contribution in [0.3, 0.4) is 0 Å². The SMILES string of the molecule is CCc1cc(N)cc(OC)c1N1CCC2(CC1)OCCO2. The third kappa shape index (κ3) is 2.68. The third-order valence-corrected chi connectivity index (χ3v) is 4.43. The molecule has 5 heteroatoms. The maximum atomic E-state index is 5.96. The number of benzene rings is 1. The van der Waals surface area contributed by atoms with Gasteiger partial charge in [0.2, 0.25) is 0 Å². The fourth-order valence-corrected chi connectivity index (χ4v) is 3.33. The molecule has 2 N–H and O–H groups in total. The van der Waals surface area contributed by atoms with Gasteiger partial charge in [0.15, 0.2) is 5.79 Å². The largest absolute Gasteiger partial charge is 0.494 e. The zero-order valence-electron chi connectivity index (χ0n) is 12.9. The molecule has 2 aliphatic heterocycles. The number of aryl methyl sites for hydroxylation is 1. The van der Waals surface area contributed by atoms with Gasteiger partial charge in [-0.2, -0.15) is 0 Å². The number of piperidine rings is 1. The molecule has 5 nitrogen and oxygen atoms in total. The Morgan fingerprint density at radius 1 is 1.24 bits per heavy atom. The Morgan fingerprint density at radius 3 is 2.48 bits per heavy atom. The Kier molecular flexibility index (Phi) is 3.95. The first-order valence-electron chi connectivity index (χ1n) is 7.67. The van der Waals surface area contributed by atoms with Gasteiger partial charge in [0, 0.05) is 37.7 Å². The van der Waals surface area contributed by atoms with Crippen molar-refractivity contribution in [2.45, 2.75) is 32.0 Å². The molecule has 0 radical (unpaired) electrons. The normalized spacial score (nSPS) is 21.0. The average molecular weight is 292 g/mol. The highest BCUT2D eigenvalue weighted by atomic mass is 16.7. The molecule has 1 aromatic carbocycles. The highest BCUT2D eigenvalue weighted by molar-refractivity contribution is 5.69. The van der Waals surface area contributed by atoms with E-state index in [0.717, 1.165) is 43.8 Å². The summed E-state index contributed by atoms with van der Waals surface area (Å²) in [5.41, 5.74) is 9.12. The van der Waals surface area contributed by atoms with Crippen LogP contribution in [-0.4, -0.2) is 39.2 Å². The third-order valence-electron chi connectivity index (χ3n) is 4.43. The summed E-state index contributed by atoms with van der Waals surface area (Å²) in [6, 6.07) is 3.95. The molecule has 0 unspecified atom stereocenters. The van der Waals surface area contributed by atoms with E-state index in [1.807, 2.05) is 12.1 Å². The van der Waals surface area contributed by atoms with E-state index >= 15 is 0 Å². The lowest BCUT2D eigenvalue weighted by Crippen LogP contribution is -2.45. The molecule has 116 valence electrons. The molecular weight excluding hydrogens is 268 g/mol. The number of hydrogen-bond acceptors (Lipinski definition) is 5. The van der Waals surface area contributed by atoms with E-state index in [1.54, 1.807) is 7.11 Å². The van der Waals surface area contributed by atoms with Crippen LogP contribution < -0.4 is 15.4 Å². The molecule has 0 bridgehead atoms. The lowest BCUT2D eigenvalue weighted by Gasteiger charge is -2.39. The van der Waals surface area contributed by atoms with Gasteiger partial charge >= 0.3 is 0 Å². The number of rotatable bonds is 3. The molecule has 1 spiro atoms. The minimum Gasteiger partial charge on any atom is -0.494 e. The zero-order chi connectivity index (χ0) is 14.9. The predicted molar refractivity (Wildman–Crippen MR) is 82.9 cm³/mol. The van der Waals surface area contributed by atoms with Crippen molar-refractivity contribution >= 4 is 11.4 Å². The van der Waals surface area contributed by atoms with E-state index in [2.05, 4.69) is 11.8 Å². The molecule has 0 aromatic heterocycles. The second kappa shape index (κ2) is 5.73. The quantitative estimate of drug-likeness (QED) is 0.865. The van der Waals surface area contributed by atoms with Crippen molar-refractivity contribution < 1.29 is 14.2 Å². The van der Waals surface area contributed by atoms with E-state index in [1.165, 1.54) is 11.3 Å². The van der Waals surface area contributed by atoms with Gasteiger partial charge in [-0.3, -0.25) is 0 Å². The lowest BCUT2D eigenvalue weighted by molar-refractivity contribution is -0.169. The van der Waals surface area contributed by atoms with Gasteiger partial charge in [0.25, 0.3) is 0 Å². The number of methoxy groups -OCH3 is 1. The zero-order valence-corrected chi connectivity index (χ0v) is 12.9. The van der Waals surface area contributed by atoms with Gasteiger partial charge in [-0.15, -0.1) is 0 Å². The summed E-state index contributed by atoms with van der Waals surface area (Å²) >= 11 is 0. The van der Waals surface area contributed by atoms with Crippen LogP contribution in [0.25, 0.3) is 0 Å². The van der Waals surface area contributed by atoms with E-state index in [9.17, 15) is 0 Å². The van der Waals surface area contributed by atoms with Crippen molar-refractivity contribution in [2.75, 3.05) is 44.0 Å². The highest BCUT2D eigenvalue weighted by Gasteiger charge is 2.40. The first-order chi connectivity index (χ1) is 10.2. The van der Waals surface area contributed by atoms with Gasteiger partial charge in [-0.05, 0) is 18.1 Å². The fraction of sp³-hybridized carbons (Fsp3) is 0.625. The predicted octanol–water partition coefficient (Wildman–Crippen LogP) is 2.18. The number of nitrogen functional groups attached to an aromatic ring is 1. The minimum atomic E-state index is -0.343. The molecule has 1 aromatic rings. The summed E-state index contributed by atoms with van der Waals surface area (Å²) < 4.78 is 17.2. The molecule has 0 aliphatic carbocycles. The monoisotopic (exact) mass is 292 g/mol. The van der Waals surface area contributed by atoms with Crippen LogP contribution in [-0.2, 0) is 15.9 Å².